The maximum absolute atomic E-state index is 12.1. The number of methoxy groups -OCH3 is 1. The minimum absolute atomic E-state index is 0.147. The third kappa shape index (κ3) is 3.53. The van der Waals surface area contributed by atoms with Crippen LogP contribution in [0.15, 0.2) is 30.6 Å². The Morgan fingerprint density at radius 3 is 2.86 bits per heavy atom. The number of nitrogens with one attached hydrogen (secondary N) is 1. The number of anilines is 2. The number of amides is 1. The lowest BCUT2D eigenvalue weighted by Gasteiger charge is -2.12. The Morgan fingerprint density at radius 2 is 2.24 bits per heavy atom. The van der Waals surface area contributed by atoms with Gasteiger partial charge in [-0.25, -0.2) is 4.98 Å². The number of nitrogens with zero attached hydrogens (tertiary/aromatic N) is 2. The number of nitrogen functional groups attached to an aromatic ring is 1. The predicted octanol–water partition coefficient (Wildman–Crippen LogP) is 2.24. The molecule has 21 heavy (non-hydrogen) atoms. The molecule has 2 aromatic rings. The van der Waals surface area contributed by atoms with Gasteiger partial charge in [-0.05, 0) is 12.1 Å². The second kappa shape index (κ2) is 6.30. The van der Waals surface area contributed by atoms with E-state index in [1.54, 1.807) is 37.7 Å². The van der Waals surface area contributed by atoms with Crippen LogP contribution in [0.3, 0.4) is 0 Å². The number of carbonyl (C=O) groups excluding carboxylic acids is 1. The average molecular weight is 288 g/mol. The molecular formula is C15H20N4O2. The fraction of sp³-hybridized carbons (Fsp3) is 0.333. The van der Waals surface area contributed by atoms with E-state index in [9.17, 15) is 4.79 Å². The summed E-state index contributed by atoms with van der Waals surface area (Å²) in [6, 6.07) is 5.15. The number of nitrogens with two attached hydrogens (primary N) is 1. The van der Waals surface area contributed by atoms with Crippen molar-refractivity contribution in [2.24, 2.45) is 0 Å². The van der Waals surface area contributed by atoms with Crippen LogP contribution < -0.4 is 15.8 Å². The molecule has 0 aliphatic rings. The summed E-state index contributed by atoms with van der Waals surface area (Å²) in [6.07, 6.45) is 3.50. The van der Waals surface area contributed by atoms with Crippen LogP contribution in [-0.2, 0) is 11.3 Å². The van der Waals surface area contributed by atoms with E-state index in [1.807, 2.05) is 18.4 Å². The molecule has 0 radical (unpaired) electrons. The van der Waals surface area contributed by atoms with Crippen molar-refractivity contribution in [3.05, 3.63) is 36.4 Å². The SMILES string of the molecule is COc1ccc(NC(=O)Cn2ccnc2C(C)C)c(N)c1. The first-order valence-corrected chi connectivity index (χ1v) is 6.75. The number of hydrogen-bond donors (Lipinski definition) is 2. The summed E-state index contributed by atoms with van der Waals surface area (Å²) in [7, 11) is 1.57. The third-order valence-electron chi connectivity index (χ3n) is 3.11. The zero-order valence-electron chi connectivity index (χ0n) is 12.5. The second-order valence-electron chi connectivity index (χ2n) is 5.07. The Kier molecular flexibility index (Phi) is 4.47. The van der Waals surface area contributed by atoms with E-state index in [4.69, 9.17) is 10.5 Å². The number of benzene rings is 1. The molecule has 0 atom stereocenters. The summed E-state index contributed by atoms with van der Waals surface area (Å²) in [4.78, 5) is 16.4. The normalized spacial score (nSPS) is 10.7. The van der Waals surface area contributed by atoms with E-state index in [0.29, 0.717) is 17.1 Å². The van der Waals surface area contributed by atoms with E-state index >= 15 is 0 Å². The highest BCUT2D eigenvalue weighted by molar-refractivity contribution is 5.93. The number of rotatable bonds is 5. The van der Waals surface area contributed by atoms with Gasteiger partial charge in [-0.3, -0.25) is 4.79 Å². The minimum atomic E-state index is -0.147. The summed E-state index contributed by atoms with van der Waals surface area (Å²) < 4.78 is 6.91. The smallest absolute Gasteiger partial charge is 0.244 e. The van der Waals surface area contributed by atoms with Crippen LogP contribution in [-0.4, -0.2) is 22.6 Å². The highest BCUT2D eigenvalue weighted by Gasteiger charge is 2.11. The van der Waals surface area contributed by atoms with Crippen LogP contribution in [0.2, 0.25) is 0 Å². The van der Waals surface area contributed by atoms with Crippen LogP contribution in [0.4, 0.5) is 11.4 Å². The molecule has 1 aromatic carbocycles. The highest BCUT2D eigenvalue weighted by atomic mass is 16.5. The van der Waals surface area contributed by atoms with Gasteiger partial charge in [0.2, 0.25) is 5.91 Å². The number of carbonyl (C=O) groups is 1. The molecule has 6 heteroatoms. The zero-order chi connectivity index (χ0) is 15.4. The van der Waals surface area contributed by atoms with Crippen molar-refractivity contribution in [1.82, 2.24) is 9.55 Å². The molecule has 0 bridgehead atoms. The first kappa shape index (κ1) is 14.9. The molecule has 1 aromatic heterocycles. The van der Waals surface area contributed by atoms with Crippen molar-refractivity contribution in [3.8, 4) is 5.75 Å². The largest absolute Gasteiger partial charge is 0.497 e. The van der Waals surface area contributed by atoms with Crippen LogP contribution in [0.25, 0.3) is 0 Å². The maximum atomic E-state index is 12.1. The minimum Gasteiger partial charge on any atom is -0.497 e. The van der Waals surface area contributed by atoms with Crippen LogP contribution >= 0.6 is 0 Å². The van der Waals surface area contributed by atoms with Gasteiger partial charge in [0.15, 0.2) is 0 Å². The van der Waals surface area contributed by atoms with E-state index < -0.39 is 0 Å². The predicted molar refractivity (Wildman–Crippen MR) is 82.4 cm³/mol. The van der Waals surface area contributed by atoms with Crippen molar-refractivity contribution in [2.45, 2.75) is 26.3 Å². The average Bonchev–Trinajstić information content (AvgIpc) is 2.89. The molecule has 6 nitrogen and oxygen atoms in total. The summed E-state index contributed by atoms with van der Waals surface area (Å²) in [5, 5.41) is 2.80. The van der Waals surface area contributed by atoms with Gasteiger partial charge in [-0.2, -0.15) is 0 Å². The van der Waals surface area contributed by atoms with Gasteiger partial charge in [0.25, 0.3) is 0 Å². The molecular weight excluding hydrogens is 268 g/mol. The van der Waals surface area contributed by atoms with Crippen LogP contribution in [0.1, 0.15) is 25.6 Å². The van der Waals surface area contributed by atoms with E-state index in [-0.39, 0.29) is 18.4 Å². The summed E-state index contributed by atoms with van der Waals surface area (Å²) in [5.41, 5.74) is 6.93. The fourth-order valence-electron chi connectivity index (χ4n) is 2.08. The van der Waals surface area contributed by atoms with Crippen molar-refractivity contribution >= 4 is 17.3 Å². The van der Waals surface area contributed by atoms with Gasteiger partial charge in [0, 0.05) is 24.4 Å². The molecule has 3 N–H and O–H groups in total. The molecule has 2 rings (SSSR count). The van der Waals surface area contributed by atoms with Gasteiger partial charge in [0.05, 0.1) is 18.5 Å². The molecule has 1 heterocycles. The third-order valence-corrected chi connectivity index (χ3v) is 3.11. The monoisotopic (exact) mass is 288 g/mol. The molecule has 0 spiro atoms. The lowest BCUT2D eigenvalue weighted by molar-refractivity contribution is -0.116. The van der Waals surface area contributed by atoms with Gasteiger partial charge in [-0.15, -0.1) is 0 Å². The van der Waals surface area contributed by atoms with Gasteiger partial charge in [0.1, 0.15) is 18.1 Å². The van der Waals surface area contributed by atoms with E-state index in [0.717, 1.165) is 5.82 Å². The number of aromatic nitrogens is 2. The summed E-state index contributed by atoms with van der Waals surface area (Å²) >= 11 is 0. The molecule has 0 saturated carbocycles. The summed E-state index contributed by atoms with van der Waals surface area (Å²) in [5.74, 6) is 1.65. The zero-order valence-corrected chi connectivity index (χ0v) is 12.5. The maximum Gasteiger partial charge on any atom is 0.244 e. The highest BCUT2D eigenvalue weighted by Crippen LogP contribution is 2.24. The van der Waals surface area contributed by atoms with Crippen LogP contribution in [0, 0.1) is 0 Å². The van der Waals surface area contributed by atoms with Gasteiger partial charge < -0.3 is 20.4 Å². The van der Waals surface area contributed by atoms with E-state index in [1.165, 1.54) is 0 Å². The molecule has 0 fully saturated rings. The van der Waals surface area contributed by atoms with Crippen molar-refractivity contribution in [2.75, 3.05) is 18.2 Å². The molecule has 0 aliphatic carbocycles. The van der Waals surface area contributed by atoms with Crippen LogP contribution in [0.5, 0.6) is 5.75 Å². The molecule has 0 saturated heterocycles. The molecule has 112 valence electrons. The molecule has 0 unspecified atom stereocenters. The molecule has 0 aliphatic heterocycles. The fourth-order valence-corrected chi connectivity index (χ4v) is 2.08. The Balaban J connectivity index is 2.06. The lowest BCUT2D eigenvalue weighted by Crippen LogP contribution is -2.20. The second-order valence-corrected chi connectivity index (χ2v) is 5.07. The number of hydrogen-bond acceptors (Lipinski definition) is 4. The first-order valence-electron chi connectivity index (χ1n) is 6.75. The Morgan fingerprint density at radius 1 is 1.48 bits per heavy atom. The quantitative estimate of drug-likeness (QED) is 0.827. The number of imidazole rings is 1. The topological polar surface area (TPSA) is 82.2 Å². The van der Waals surface area contributed by atoms with Crippen molar-refractivity contribution in [1.29, 1.82) is 0 Å². The van der Waals surface area contributed by atoms with Gasteiger partial charge in [-0.1, -0.05) is 13.8 Å². The van der Waals surface area contributed by atoms with Crippen molar-refractivity contribution < 1.29 is 9.53 Å². The van der Waals surface area contributed by atoms with Crippen molar-refractivity contribution in [3.63, 3.8) is 0 Å². The lowest BCUT2D eigenvalue weighted by atomic mass is 10.2. The molecule has 1 amide bonds. The number of ether oxygens (including phenoxy) is 1. The van der Waals surface area contributed by atoms with Gasteiger partial charge >= 0.3 is 0 Å². The Bertz CT molecular complexity index is 634. The first-order chi connectivity index (χ1) is 10.0. The van der Waals surface area contributed by atoms with E-state index in [2.05, 4.69) is 10.3 Å². The Labute approximate surface area is 123 Å². The standard InChI is InChI=1S/C15H20N4O2/c1-10(2)15-17-6-7-19(15)9-14(20)18-13-5-4-11(21-3)8-12(13)16/h4-8,10H,9,16H2,1-3H3,(H,18,20). The summed E-state index contributed by atoms with van der Waals surface area (Å²) in [6.45, 7) is 4.29. The Hall–Kier alpha value is -2.50.